The van der Waals surface area contributed by atoms with Gasteiger partial charge in [-0.1, -0.05) is 44.5 Å². The second kappa shape index (κ2) is 12.7. The largest absolute Gasteiger partial charge is 0.466 e. The molecule has 190 valence electrons. The molecule has 0 heterocycles. The highest BCUT2D eigenvalue weighted by Crippen LogP contribution is 2.27. The zero-order chi connectivity index (χ0) is 26.1. The number of rotatable bonds is 11. The van der Waals surface area contributed by atoms with E-state index in [2.05, 4.69) is 10.6 Å². The normalized spacial score (nSPS) is 13.4. The van der Waals surface area contributed by atoms with Gasteiger partial charge < -0.3 is 20.1 Å². The van der Waals surface area contributed by atoms with Gasteiger partial charge in [-0.2, -0.15) is 0 Å². The standard InChI is InChI=1S/C25H37ClN2O6/c1-8-33-19(29)15-14-18(22(31)34-9-2)27-21(30)20(24(3,4)5)28-23(32)25(6,7)16-10-12-17(26)13-11-16/h10-13,18,20H,8-9,14-15H2,1-7H3,(H,27,30)(H,28,32)/t18-,20-/m1/s1. The zero-order valence-electron chi connectivity index (χ0n) is 21.1. The average molecular weight is 497 g/mol. The molecule has 1 aromatic rings. The fourth-order valence-electron chi connectivity index (χ4n) is 3.23. The molecule has 9 heteroatoms. The maximum absolute atomic E-state index is 13.3. The predicted octanol–water partition coefficient (Wildman–Crippen LogP) is 3.54. The monoisotopic (exact) mass is 496 g/mol. The molecule has 0 aliphatic carbocycles. The Bertz CT molecular complexity index is 861. The molecule has 0 spiro atoms. The molecule has 0 saturated carbocycles. The summed E-state index contributed by atoms with van der Waals surface area (Å²) in [5.74, 6) is -2.03. The number of carbonyl (C=O) groups excluding carboxylic acids is 4. The van der Waals surface area contributed by atoms with Gasteiger partial charge in [0, 0.05) is 11.4 Å². The van der Waals surface area contributed by atoms with Crippen molar-refractivity contribution >= 4 is 35.4 Å². The molecule has 2 N–H and O–H groups in total. The van der Waals surface area contributed by atoms with E-state index >= 15 is 0 Å². The van der Waals surface area contributed by atoms with Crippen LogP contribution in [-0.2, 0) is 34.1 Å². The van der Waals surface area contributed by atoms with E-state index in [0.29, 0.717) is 5.02 Å². The molecule has 34 heavy (non-hydrogen) atoms. The van der Waals surface area contributed by atoms with E-state index in [4.69, 9.17) is 21.1 Å². The first-order valence-electron chi connectivity index (χ1n) is 11.4. The SMILES string of the molecule is CCOC(=O)CC[C@@H](NC(=O)[C@@H](NC(=O)C(C)(C)c1ccc(Cl)cc1)C(C)(C)C)C(=O)OCC. The van der Waals surface area contributed by atoms with Gasteiger partial charge in [-0.3, -0.25) is 14.4 Å². The molecule has 0 unspecified atom stereocenters. The van der Waals surface area contributed by atoms with Gasteiger partial charge in [-0.25, -0.2) is 4.79 Å². The summed E-state index contributed by atoms with van der Waals surface area (Å²) in [4.78, 5) is 50.7. The van der Waals surface area contributed by atoms with E-state index in [1.54, 1.807) is 52.0 Å². The van der Waals surface area contributed by atoms with Crippen molar-refractivity contribution in [2.45, 2.75) is 78.8 Å². The van der Waals surface area contributed by atoms with Crippen molar-refractivity contribution in [3.8, 4) is 0 Å². The van der Waals surface area contributed by atoms with Crippen LogP contribution in [0.3, 0.4) is 0 Å². The summed E-state index contributed by atoms with van der Waals surface area (Å²) in [5, 5.41) is 6.06. The molecule has 2 atom stereocenters. The quantitative estimate of drug-likeness (QED) is 0.453. The summed E-state index contributed by atoms with van der Waals surface area (Å²) in [6.45, 7) is 12.6. The van der Waals surface area contributed by atoms with Gasteiger partial charge in [0.15, 0.2) is 0 Å². The van der Waals surface area contributed by atoms with Gasteiger partial charge in [0.1, 0.15) is 12.1 Å². The lowest BCUT2D eigenvalue weighted by atomic mass is 9.81. The minimum atomic E-state index is -1.05. The van der Waals surface area contributed by atoms with E-state index in [9.17, 15) is 19.2 Å². The maximum atomic E-state index is 13.3. The fourth-order valence-corrected chi connectivity index (χ4v) is 3.35. The Balaban J connectivity index is 3.07. The van der Waals surface area contributed by atoms with Crippen LogP contribution in [0, 0.1) is 5.41 Å². The summed E-state index contributed by atoms with van der Waals surface area (Å²) < 4.78 is 9.97. The number of ether oxygens (including phenoxy) is 2. The molecule has 0 aliphatic heterocycles. The number of benzene rings is 1. The number of carbonyl (C=O) groups is 4. The molecule has 0 bridgehead atoms. The van der Waals surface area contributed by atoms with Crippen molar-refractivity contribution in [1.29, 1.82) is 0 Å². The Labute approximate surface area is 207 Å². The Morgan fingerprint density at radius 3 is 1.97 bits per heavy atom. The summed E-state index contributed by atoms with van der Waals surface area (Å²) in [6.07, 6.45) is -0.0434. The molecular formula is C25H37ClN2O6. The number of amides is 2. The van der Waals surface area contributed by atoms with E-state index in [-0.39, 0.29) is 32.0 Å². The van der Waals surface area contributed by atoms with E-state index in [0.717, 1.165) is 5.56 Å². The van der Waals surface area contributed by atoms with Gasteiger partial charge in [0.25, 0.3) is 0 Å². The third kappa shape index (κ3) is 8.63. The van der Waals surface area contributed by atoms with Crippen LogP contribution >= 0.6 is 11.6 Å². The molecule has 0 aromatic heterocycles. The number of hydrogen-bond donors (Lipinski definition) is 2. The lowest BCUT2D eigenvalue weighted by molar-refractivity contribution is -0.149. The fraction of sp³-hybridized carbons (Fsp3) is 0.600. The molecule has 0 fully saturated rings. The van der Waals surface area contributed by atoms with Crippen LogP contribution in [0.1, 0.15) is 66.9 Å². The number of hydrogen-bond acceptors (Lipinski definition) is 6. The summed E-state index contributed by atoms with van der Waals surface area (Å²) in [7, 11) is 0. The Kier molecular flexibility index (Phi) is 11.0. The molecule has 0 saturated heterocycles. The minimum Gasteiger partial charge on any atom is -0.466 e. The zero-order valence-corrected chi connectivity index (χ0v) is 21.9. The molecule has 1 aromatic carbocycles. The highest BCUT2D eigenvalue weighted by molar-refractivity contribution is 6.30. The highest BCUT2D eigenvalue weighted by Gasteiger charge is 2.39. The number of esters is 2. The van der Waals surface area contributed by atoms with E-state index in [1.165, 1.54) is 0 Å². The smallest absolute Gasteiger partial charge is 0.328 e. The summed E-state index contributed by atoms with van der Waals surface area (Å²) in [6, 6.07) is 4.93. The Morgan fingerprint density at radius 2 is 1.47 bits per heavy atom. The molecule has 2 amide bonds. The first-order valence-corrected chi connectivity index (χ1v) is 11.8. The van der Waals surface area contributed by atoms with Crippen LogP contribution in [0.15, 0.2) is 24.3 Å². The molecule has 1 rings (SSSR count). The Hall–Kier alpha value is -2.61. The van der Waals surface area contributed by atoms with Crippen LogP contribution in [-0.4, -0.2) is 49.1 Å². The average Bonchev–Trinajstić information content (AvgIpc) is 2.74. The molecule has 0 aliphatic rings. The van der Waals surface area contributed by atoms with Crippen molar-refractivity contribution in [1.82, 2.24) is 10.6 Å². The van der Waals surface area contributed by atoms with Crippen molar-refractivity contribution in [3.05, 3.63) is 34.9 Å². The number of halogens is 1. The van der Waals surface area contributed by atoms with Crippen molar-refractivity contribution < 1.29 is 28.7 Å². The first-order chi connectivity index (χ1) is 15.7. The molecule has 0 radical (unpaired) electrons. The lowest BCUT2D eigenvalue weighted by Crippen LogP contribution is -2.59. The van der Waals surface area contributed by atoms with Crippen molar-refractivity contribution in [3.63, 3.8) is 0 Å². The van der Waals surface area contributed by atoms with Crippen LogP contribution in [0.5, 0.6) is 0 Å². The van der Waals surface area contributed by atoms with Crippen LogP contribution in [0.4, 0.5) is 0 Å². The van der Waals surface area contributed by atoms with Crippen LogP contribution in [0.25, 0.3) is 0 Å². The second-order valence-corrected chi connectivity index (χ2v) is 10.00. The van der Waals surface area contributed by atoms with Crippen LogP contribution in [0.2, 0.25) is 5.02 Å². The van der Waals surface area contributed by atoms with Gasteiger partial charge in [-0.05, 0) is 57.2 Å². The lowest BCUT2D eigenvalue weighted by Gasteiger charge is -2.34. The first kappa shape index (κ1) is 29.4. The Morgan fingerprint density at radius 1 is 0.912 bits per heavy atom. The van der Waals surface area contributed by atoms with Gasteiger partial charge >= 0.3 is 11.9 Å². The minimum absolute atomic E-state index is 0.0183. The van der Waals surface area contributed by atoms with E-state index < -0.39 is 40.8 Å². The van der Waals surface area contributed by atoms with Crippen LogP contribution < -0.4 is 10.6 Å². The van der Waals surface area contributed by atoms with Gasteiger partial charge in [-0.15, -0.1) is 0 Å². The number of nitrogens with one attached hydrogen (secondary N) is 2. The van der Waals surface area contributed by atoms with Gasteiger partial charge in [0.2, 0.25) is 11.8 Å². The highest BCUT2D eigenvalue weighted by atomic mass is 35.5. The maximum Gasteiger partial charge on any atom is 0.328 e. The van der Waals surface area contributed by atoms with E-state index in [1.807, 2.05) is 20.8 Å². The van der Waals surface area contributed by atoms with Gasteiger partial charge in [0.05, 0.1) is 18.6 Å². The predicted molar refractivity (Wildman–Crippen MR) is 130 cm³/mol. The molecule has 8 nitrogen and oxygen atoms in total. The summed E-state index contributed by atoms with van der Waals surface area (Å²) >= 11 is 5.97. The topological polar surface area (TPSA) is 111 Å². The molecular weight excluding hydrogens is 460 g/mol. The third-order valence-electron chi connectivity index (χ3n) is 5.37. The van der Waals surface area contributed by atoms with Crippen molar-refractivity contribution in [2.24, 2.45) is 5.41 Å². The second-order valence-electron chi connectivity index (χ2n) is 9.56. The third-order valence-corrected chi connectivity index (χ3v) is 5.62. The summed E-state index contributed by atoms with van der Waals surface area (Å²) in [5.41, 5.74) is -0.879. The van der Waals surface area contributed by atoms with Crippen molar-refractivity contribution in [2.75, 3.05) is 13.2 Å².